The number of piperidine rings is 1. The van der Waals surface area contributed by atoms with Gasteiger partial charge < -0.3 is 0 Å². The summed E-state index contributed by atoms with van der Waals surface area (Å²) in [6.45, 7) is 2.72. The Labute approximate surface area is 188 Å². The number of tetrazole rings is 1. The Kier molecular flexibility index (Phi) is 6.30. The standard InChI is InChI=1S/C26H28N6/c1-3-7-21(8-4-1)19-22-13-17-31(18-14-22)25(24-11-15-27-16-12-24)26-28-29-30-32(26)20-23-9-5-2-6-10-23/h1-12,15-16,22,25H,13-14,17-20H2/t25-/m1/s1. The summed E-state index contributed by atoms with van der Waals surface area (Å²) in [5.41, 5.74) is 3.81. The topological polar surface area (TPSA) is 59.7 Å². The zero-order chi connectivity index (χ0) is 21.6. The fraction of sp³-hybridized carbons (Fsp3) is 0.308. The van der Waals surface area contributed by atoms with Crippen molar-refractivity contribution < 1.29 is 0 Å². The molecule has 0 radical (unpaired) electrons. The Morgan fingerprint density at radius 2 is 1.47 bits per heavy atom. The Morgan fingerprint density at radius 3 is 2.16 bits per heavy atom. The number of pyridine rings is 1. The van der Waals surface area contributed by atoms with Gasteiger partial charge in [0.2, 0.25) is 0 Å². The van der Waals surface area contributed by atoms with Crippen LogP contribution in [0.4, 0.5) is 0 Å². The van der Waals surface area contributed by atoms with Crippen LogP contribution < -0.4 is 0 Å². The van der Waals surface area contributed by atoms with Gasteiger partial charge in [0.25, 0.3) is 0 Å². The Bertz CT molecular complexity index is 1090. The van der Waals surface area contributed by atoms with E-state index in [0.29, 0.717) is 12.5 Å². The number of likely N-dealkylation sites (tertiary alicyclic amines) is 1. The summed E-state index contributed by atoms with van der Waals surface area (Å²) in [5, 5.41) is 12.9. The highest BCUT2D eigenvalue weighted by molar-refractivity contribution is 5.24. The molecule has 2 aromatic carbocycles. The average molecular weight is 425 g/mol. The van der Waals surface area contributed by atoms with E-state index in [9.17, 15) is 0 Å². The first-order valence-electron chi connectivity index (χ1n) is 11.3. The third-order valence-electron chi connectivity index (χ3n) is 6.38. The summed E-state index contributed by atoms with van der Waals surface area (Å²) in [4.78, 5) is 6.76. The van der Waals surface area contributed by atoms with Crippen molar-refractivity contribution in [3.63, 3.8) is 0 Å². The van der Waals surface area contributed by atoms with E-state index in [2.05, 4.69) is 92.1 Å². The fourth-order valence-corrected chi connectivity index (χ4v) is 4.71. The van der Waals surface area contributed by atoms with Gasteiger partial charge in [0.05, 0.1) is 12.6 Å². The smallest absolute Gasteiger partial charge is 0.173 e. The molecule has 0 saturated carbocycles. The monoisotopic (exact) mass is 424 g/mol. The molecular weight excluding hydrogens is 396 g/mol. The molecule has 1 fully saturated rings. The van der Waals surface area contributed by atoms with Crippen molar-refractivity contribution in [1.29, 1.82) is 0 Å². The van der Waals surface area contributed by atoms with E-state index in [-0.39, 0.29) is 6.04 Å². The number of aromatic nitrogens is 5. The third kappa shape index (κ3) is 4.75. The van der Waals surface area contributed by atoms with Gasteiger partial charge in [-0.25, -0.2) is 4.68 Å². The molecule has 162 valence electrons. The van der Waals surface area contributed by atoms with Gasteiger partial charge in [0.1, 0.15) is 0 Å². The second-order valence-corrected chi connectivity index (χ2v) is 8.53. The van der Waals surface area contributed by atoms with Crippen LogP contribution in [-0.4, -0.2) is 43.2 Å². The van der Waals surface area contributed by atoms with Crippen LogP contribution in [0, 0.1) is 5.92 Å². The zero-order valence-electron chi connectivity index (χ0n) is 18.2. The van der Waals surface area contributed by atoms with Gasteiger partial charge in [-0.1, -0.05) is 60.7 Å². The number of benzene rings is 2. The predicted molar refractivity (Wildman–Crippen MR) is 124 cm³/mol. The molecule has 3 heterocycles. The SMILES string of the molecule is c1ccc(CC2CCN([C@H](c3ccncc3)c3nnnn3Cc3ccccc3)CC2)cc1. The summed E-state index contributed by atoms with van der Waals surface area (Å²) in [5.74, 6) is 1.61. The maximum Gasteiger partial charge on any atom is 0.173 e. The quantitative estimate of drug-likeness (QED) is 0.446. The van der Waals surface area contributed by atoms with Crippen LogP contribution in [-0.2, 0) is 13.0 Å². The van der Waals surface area contributed by atoms with Gasteiger partial charge >= 0.3 is 0 Å². The molecule has 1 aliphatic heterocycles. The summed E-state index contributed by atoms with van der Waals surface area (Å²) < 4.78 is 1.94. The van der Waals surface area contributed by atoms with E-state index in [1.807, 2.05) is 23.1 Å². The number of nitrogens with zero attached hydrogens (tertiary/aromatic N) is 6. The molecule has 5 rings (SSSR count). The first kappa shape index (κ1) is 20.5. The molecule has 1 saturated heterocycles. The van der Waals surface area contributed by atoms with Gasteiger partial charge in [-0.2, -0.15) is 0 Å². The van der Waals surface area contributed by atoms with Crippen LogP contribution in [0.1, 0.15) is 41.4 Å². The average Bonchev–Trinajstić information content (AvgIpc) is 3.30. The van der Waals surface area contributed by atoms with Crippen molar-refractivity contribution in [2.45, 2.75) is 31.8 Å². The molecule has 1 atom stereocenters. The lowest BCUT2D eigenvalue weighted by Gasteiger charge is -2.37. The second-order valence-electron chi connectivity index (χ2n) is 8.53. The summed E-state index contributed by atoms with van der Waals surface area (Å²) >= 11 is 0. The van der Waals surface area contributed by atoms with E-state index in [4.69, 9.17) is 0 Å². The van der Waals surface area contributed by atoms with E-state index in [0.717, 1.165) is 25.3 Å². The van der Waals surface area contributed by atoms with Gasteiger partial charge in [-0.05, 0) is 77.5 Å². The minimum atomic E-state index is 0.0226. The maximum absolute atomic E-state index is 4.49. The van der Waals surface area contributed by atoms with Gasteiger partial charge in [0.15, 0.2) is 5.82 Å². The molecule has 1 aliphatic rings. The molecule has 0 N–H and O–H groups in total. The predicted octanol–water partition coefficient (Wildman–Crippen LogP) is 4.16. The van der Waals surface area contributed by atoms with Crippen molar-refractivity contribution in [2.24, 2.45) is 5.92 Å². The first-order chi connectivity index (χ1) is 15.9. The van der Waals surface area contributed by atoms with Gasteiger partial charge in [-0.3, -0.25) is 9.88 Å². The van der Waals surface area contributed by atoms with Gasteiger partial charge in [-0.15, -0.1) is 5.10 Å². The van der Waals surface area contributed by atoms with Crippen molar-refractivity contribution in [3.8, 4) is 0 Å². The first-order valence-corrected chi connectivity index (χ1v) is 11.3. The van der Waals surface area contributed by atoms with Crippen LogP contribution in [0.15, 0.2) is 85.2 Å². The normalized spacial score (nSPS) is 16.1. The van der Waals surface area contributed by atoms with Crippen molar-refractivity contribution in [1.82, 2.24) is 30.1 Å². The van der Waals surface area contributed by atoms with Crippen LogP contribution in [0.3, 0.4) is 0 Å². The highest BCUT2D eigenvalue weighted by atomic mass is 15.5. The third-order valence-corrected chi connectivity index (χ3v) is 6.38. The summed E-state index contributed by atoms with van der Waals surface area (Å²) in [7, 11) is 0. The lowest BCUT2D eigenvalue weighted by Crippen LogP contribution is -2.39. The maximum atomic E-state index is 4.49. The highest BCUT2D eigenvalue weighted by Crippen LogP contribution is 2.32. The lowest BCUT2D eigenvalue weighted by molar-refractivity contribution is 0.144. The second kappa shape index (κ2) is 9.83. The molecule has 6 heteroatoms. The molecule has 0 amide bonds. The molecular formula is C26H28N6. The molecule has 32 heavy (non-hydrogen) atoms. The van der Waals surface area contributed by atoms with E-state index in [1.54, 1.807) is 0 Å². The molecule has 0 spiro atoms. The Balaban J connectivity index is 1.36. The summed E-state index contributed by atoms with van der Waals surface area (Å²) in [6, 6.07) is 25.4. The van der Waals surface area contributed by atoms with Crippen molar-refractivity contribution in [2.75, 3.05) is 13.1 Å². The number of hydrogen-bond donors (Lipinski definition) is 0. The van der Waals surface area contributed by atoms with Crippen molar-refractivity contribution >= 4 is 0 Å². The van der Waals surface area contributed by atoms with Crippen molar-refractivity contribution in [3.05, 3.63) is 108 Å². The summed E-state index contributed by atoms with van der Waals surface area (Å²) in [6.07, 6.45) is 7.22. The molecule has 0 bridgehead atoms. The van der Waals surface area contributed by atoms with Crippen LogP contribution >= 0.6 is 0 Å². The van der Waals surface area contributed by atoms with E-state index < -0.39 is 0 Å². The van der Waals surface area contributed by atoms with Crippen LogP contribution in [0.2, 0.25) is 0 Å². The van der Waals surface area contributed by atoms with E-state index >= 15 is 0 Å². The molecule has 4 aromatic rings. The molecule has 0 unspecified atom stereocenters. The van der Waals surface area contributed by atoms with E-state index in [1.165, 1.54) is 29.5 Å². The van der Waals surface area contributed by atoms with Crippen LogP contribution in [0.5, 0.6) is 0 Å². The molecule has 0 aliphatic carbocycles. The molecule has 2 aromatic heterocycles. The molecule has 6 nitrogen and oxygen atoms in total. The van der Waals surface area contributed by atoms with Crippen LogP contribution in [0.25, 0.3) is 0 Å². The Morgan fingerprint density at radius 1 is 0.812 bits per heavy atom. The Hall–Kier alpha value is -3.38. The number of hydrogen-bond acceptors (Lipinski definition) is 5. The van der Waals surface area contributed by atoms with Gasteiger partial charge in [0, 0.05) is 12.4 Å². The minimum Gasteiger partial charge on any atom is -0.290 e. The lowest BCUT2D eigenvalue weighted by atomic mass is 9.89. The minimum absolute atomic E-state index is 0.0226. The highest BCUT2D eigenvalue weighted by Gasteiger charge is 2.31. The largest absolute Gasteiger partial charge is 0.290 e. The fourth-order valence-electron chi connectivity index (χ4n) is 4.71. The zero-order valence-corrected chi connectivity index (χ0v) is 18.2. The number of rotatable bonds is 7.